The molecule has 1 atom stereocenters. The molecular weight excluding hydrogens is 442 g/mol. The zero-order valence-corrected chi connectivity index (χ0v) is 20.2. The number of carbonyl (C=O) groups is 1. The number of ether oxygens (including phenoxy) is 4. The third kappa shape index (κ3) is 4.59. The van der Waals surface area contributed by atoms with Gasteiger partial charge in [0.25, 0.3) is 0 Å². The van der Waals surface area contributed by atoms with Crippen molar-refractivity contribution in [3.05, 3.63) is 70.0 Å². The van der Waals surface area contributed by atoms with Crippen LogP contribution in [0.3, 0.4) is 0 Å². The van der Waals surface area contributed by atoms with Gasteiger partial charge < -0.3 is 32.7 Å². The van der Waals surface area contributed by atoms with Crippen LogP contribution in [0, 0.1) is 6.92 Å². The Bertz CT molecular complexity index is 1160. The van der Waals surface area contributed by atoms with Gasteiger partial charge in [0.15, 0.2) is 17.3 Å². The lowest BCUT2D eigenvalue weighted by molar-refractivity contribution is 0.0388. The summed E-state index contributed by atoms with van der Waals surface area (Å²) in [4.78, 5) is 26.6. The minimum Gasteiger partial charge on any atom is -0.493 e. The van der Waals surface area contributed by atoms with Crippen LogP contribution < -0.4 is 24.9 Å². The first kappa shape index (κ1) is 24.8. The molecule has 0 saturated carbocycles. The van der Waals surface area contributed by atoms with Gasteiger partial charge in [-0.2, -0.15) is 0 Å². The minimum atomic E-state index is -0.845. The zero-order valence-electron chi connectivity index (χ0n) is 20.2. The van der Waals surface area contributed by atoms with Gasteiger partial charge in [0.1, 0.15) is 12.1 Å². The van der Waals surface area contributed by atoms with Crippen molar-refractivity contribution in [1.29, 1.82) is 0 Å². The molecule has 9 nitrogen and oxygen atoms in total. The van der Waals surface area contributed by atoms with E-state index in [9.17, 15) is 9.59 Å². The van der Waals surface area contributed by atoms with Gasteiger partial charge in [0.2, 0.25) is 11.6 Å². The standard InChI is InChI=1S/C25H29NO8/c1-7-25(18-11-9-8-10-12-18,26(3)22-16(2)33-24(28)34-22)15-32-23(27)17-13-19(29-4)21(31-6)20(14-17)30-5/h8-14H,7,15H2,1-6H3/t25-/m1/s1. The number of carbonyl (C=O) groups excluding carboxylic acids is 1. The quantitative estimate of drug-likeness (QED) is 0.403. The van der Waals surface area contributed by atoms with E-state index in [2.05, 4.69) is 0 Å². The summed E-state index contributed by atoms with van der Waals surface area (Å²) in [6.07, 6.45) is 0.532. The normalized spacial score (nSPS) is 12.5. The van der Waals surface area contributed by atoms with Crippen LogP contribution in [0.1, 0.15) is 35.0 Å². The van der Waals surface area contributed by atoms with Crippen molar-refractivity contribution in [3.8, 4) is 17.2 Å². The molecule has 0 unspecified atom stereocenters. The molecule has 182 valence electrons. The third-order valence-corrected chi connectivity index (χ3v) is 5.90. The van der Waals surface area contributed by atoms with E-state index in [1.54, 1.807) is 18.9 Å². The maximum atomic E-state index is 13.1. The van der Waals surface area contributed by atoms with E-state index in [-0.39, 0.29) is 18.1 Å². The Morgan fingerprint density at radius 3 is 2.09 bits per heavy atom. The second-order valence-electron chi connectivity index (χ2n) is 7.62. The summed E-state index contributed by atoms with van der Waals surface area (Å²) in [5.74, 6) is 0.271. The van der Waals surface area contributed by atoms with Crippen LogP contribution in [-0.4, -0.2) is 41.0 Å². The molecule has 34 heavy (non-hydrogen) atoms. The molecule has 0 radical (unpaired) electrons. The predicted molar refractivity (Wildman–Crippen MR) is 125 cm³/mol. The van der Waals surface area contributed by atoms with Crippen molar-refractivity contribution in [2.24, 2.45) is 0 Å². The van der Waals surface area contributed by atoms with E-state index < -0.39 is 17.3 Å². The molecule has 0 amide bonds. The number of hydrogen-bond acceptors (Lipinski definition) is 9. The lowest BCUT2D eigenvalue weighted by Gasteiger charge is -2.41. The van der Waals surface area contributed by atoms with Crippen LogP contribution in [0.15, 0.2) is 56.1 Å². The summed E-state index contributed by atoms with van der Waals surface area (Å²) in [5.41, 5.74) is 0.268. The molecule has 0 aliphatic carbocycles. The lowest BCUT2D eigenvalue weighted by atomic mass is 9.86. The van der Waals surface area contributed by atoms with Gasteiger partial charge in [-0.1, -0.05) is 37.3 Å². The number of hydrogen-bond donors (Lipinski definition) is 0. The van der Waals surface area contributed by atoms with Gasteiger partial charge in [-0.3, -0.25) is 0 Å². The molecular formula is C25H29NO8. The zero-order chi connectivity index (χ0) is 24.9. The number of nitrogens with zero attached hydrogens (tertiary/aromatic N) is 1. The molecule has 9 heteroatoms. The van der Waals surface area contributed by atoms with E-state index in [0.717, 1.165) is 5.56 Å². The Morgan fingerprint density at radius 1 is 1.00 bits per heavy atom. The maximum Gasteiger partial charge on any atom is 0.520 e. The van der Waals surface area contributed by atoms with Crippen molar-refractivity contribution in [1.82, 2.24) is 0 Å². The molecule has 0 aliphatic rings. The Labute approximate surface area is 197 Å². The molecule has 0 aliphatic heterocycles. The summed E-state index contributed by atoms with van der Waals surface area (Å²) in [6.45, 7) is 3.57. The molecule has 1 heterocycles. The smallest absolute Gasteiger partial charge is 0.493 e. The van der Waals surface area contributed by atoms with E-state index in [4.69, 9.17) is 27.8 Å². The second-order valence-corrected chi connectivity index (χ2v) is 7.62. The van der Waals surface area contributed by atoms with Crippen molar-refractivity contribution in [2.75, 3.05) is 39.9 Å². The number of rotatable bonds is 10. The maximum absolute atomic E-state index is 13.1. The summed E-state index contributed by atoms with van der Waals surface area (Å²) in [5, 5.41) is 0. The van der Waals surface area contributed by atoms with Crippen LogP contribution in [0.4, 0.5) is 5.88 Å². The molecule has 0 bridgehead atoms. The number of aryl methyl sites for hydroxylation is 1. The number of anilines is 1. The fourth-order valence-corrected chi connectivity index (χ4v) is 3.97. The third-order valence-electron chi connectivity index (χ3n) is 5.90. The van der Waals surface area contributed by atoms with E-state index >= 15 is 0 Å². The lowest BCUT2D eigenvalue weighted by Crippen LogP contribution is -2.48. The SMILES string of the molecule is CC[C@@](COC(=O)c1cc(OC)c(OC)c(OC)c1)(c1ccccc1)N(C)c1oc(=O)oc1C. The van der Waals surface area contributed by atoms with E-state index in [0.29, 0.717) is 29.4 Å². The van der Waals surface area contributed by atoms with Gasteiger partial charge in [-0.15, -0.1) is 0 Å². The molecule has 2 aromatic carbocycles. The fourth-order valence-electron chi connectivity index (χ4n) is 3.97. The number of benzene rings is 2. The molecule has 3 aromatic rings. The topological polar surface area (TPSA) is 101 Å². The first-order valence-corrected chi connectivity index (χ1v) is 10.7. The number of likely N-dealkylation sites (N-methyl/N-ethyl adjacent to an activating group) is 1. The first-order chi connectivity index (χ1) is 16.3. The fraction of sp³-hybridized carbons (Fsp3) is 0.360. The van der Waals surface area contributed by atoms with E-state index in [1.807, 2.05) is 37.3 Å². The molecule has 0 spiro atoms. The Balaban J connectivity index is 1.99. The van der Waals surface area contributed by atoms with Gasteiger partial charge in [0.05, 0.1) is 26.9 Å². The summed E-state index contributed by atoms with van der Waals surface area (Å²) in [7, 11) is 6.20. The minimum absolute atomic E-state index is 0.0339. The van der Waals surface area contributed by atoms with Gasteiger partial charge >= 0.3 is 11.8 Å². The highest BCUT2D eigenvalue weighted by molar-refractivity contribution is 5.91. The average molecular weight is 472 g/mol. The van der Waals surface area contributed by atoms with Gasteiger partial charge in [-0.25, -0.2) is 9.59 Å². The first-order valence-electron chi connectivity index (χ1n) is 10.7. The van der Waals surface area contributed by atoms with Crippen molar-refractivity contribution >= 4 is 11.9 Å². The van der Waals surface area contributed by atoms with Crippen LogP contribution in [0.2, 0.25) is 0 Å². The van der Waals surface area contributed by atoms with Crippen LogP contribution in [0.5, 0.6) is 17.2 Å². The molecule has 0 fully saturated rings. The Kier molecular flexibility index (Phi) is 7.55. The summed E-state index contributed by atoms with van der Waals surface area (Å²) in [6, 6.07) is 12.6. The number of esters is 1. The highest BCUT2D eigenvalue weighted by Crippen LogP contribution is 2.39. The van der Waals surface area contributed by atoms with Gasteiger partial charge in [-0.05, 0) is 31.0 Å². The van der Waals surface area contributed by atoms with Crippen molar-refractivity contribution < 1.29 is 32.6 Å². The molecule has 0 N–H and O–H groups in total. The van der Waals surface area contributed by atoms with Gasteiger partial charge in [0, 0.05) is 7.05 Å². The van der Waals surface area contributed by atoms with Crippen LogP contribution in [-0.2, 0) is 10.3 Å². The highest BCUT2D eigenvalue weighted by Gasteiger charge is 2.39. The van der Waals surface area contributed by atoms with Crippen LogP contribution in [0.25, 0.3) is 0 Å². The average Bonchev–Trinajstić information content (AvgIpc) is 3.21. The Hall–Kier alpha value is -3.88. The molecule has 0 saturated heterocycles. The van der Waals surface area contributed by atoms with Crippen LogP contribution >= 0.6 is 0 Å². The van der Waals surface area contributed by atoms with E-state index in [1.165, 1.54) is 33.5 Å². The van der Waals surface area contributed by atoms with Crippen molar-refractivity contribution in [3.63, 3.8) is 0 Å². The Morgan fingerprint density at radius 2 is 1.62 bits per heavy atom. The largest absolute Gasteiger partial charge is 0.520 e. The second kappa shape index (κ2) is 10.4. The monoisotopic (exact) mass is 471 g/mol. The molecule has 3 rings (SSSR count). The summed E-state index contributed by atoms with van der Waals surface area (Å²) >= 11 is 0. The van der Waals surface area contributed by atoms with Crippen molar-refractivity contribution in [2.45, 2.75) is 25.8 Å². The number of methoxy groups -OCH3 is 3. The molecule has 1 aromatic heterocycles. The highest BCUT2D eigenvalue weighted by atomic mass is 16.6. The summed E-state index contributed by atoms with van der Waals surface area (Å²) < 4.78 is 32.2. The predicted octanol–water partition coefficient (Wildman–Crippen LogP) is 4.17.